The van der Waals surface area contributed by atoms with Crippen LogP contribution in [0, 0.1) is 13.8 Å². The third-order valence-corrected chi connectivity index (χ3v) is 3.24. The summed E-state index contributed by atoms with van der Waals surface area (Å²) in [6.45, 7) is 5.72. The van der Waals surface area contributed by atoms with E-state index in [-0.39, 0.29) is 11.9 Å². The van der Waals surface area contributed by atoms with Crippen molar-refractivity contribution in [2.45, 2.75) is 26.8 Å². The minimum absolute atomic E-state index is 0.0916. The van der Waals surface area contributed by atoms with Gasteiger partial charge in [0.1, 0.15) is 6.04 Å². The van der Waals surface area contributed by atoms with Crippen molar-refractivity contribution >= 4 is 17.3 Å². The van der Waals surface area contributed by atoms with E-state index in [0.717, 1.165) is 11.4 Å². The molecule has 5 heteroatoms. The summed E-state index contributed by atoms with van der Waals surface area (Å²) in [6.07, 6.45) is 1.69. The standard InChI is InChI=1S/C14H18N4O/c1-9-10(2)18(8-16-9)11(3)14(19)17-13-6-4-5-12(15)7-13/h4-8,11H,15H2,1-3H3,(H,17,19). The molecule has 0 fully saturated rings. The Labute approximate surface area is 112 Å². The number of nitrogens with one attached hydrogen (secondary N) is 1. The first kappa shape index (κ1) is 13.1. The number of carbonyl (C=O) groups is 1. The molecule has 2 rings (SSSR count). The minimum atomic E-state index is -0.317. The molecular weight excluding hydrogens is 240 g/mol. The molecule has 1 heterocycles. The second-order valence-corrected chi connectivity index (χ2v) is 4.61. The molecule has 0 aliphatic heterocycles. The fraction of sp³-hybridized carbons (Fsp3) is 0.286. The van der Waals surface area contributed by atoms with Gasteiger partial charge in [-0.05, 0) is 39.0 Å². The van der Waals surface area contributed by atoms with Crippen LogP contribution in [0.5, 0.6) is 0 Å². The van der Waals surface area contributed by atoms with Crippen LogP contribution in [0.1, 0.15) is 24.4 Å². The quantitative estimate of drug-likeness (QED) is 0.829. The Morgan fingerprint density at radius 3 is 2.74 bits per heavy atom. The number of hydrogen-bond donors (Lipinski definition) is 2. The summed E-state index contributed by atoms with van der Waals surface area (Å²) in [6, 6.07) is 6.82. The molecule has 0 saturated carbocycles. The van der Waals surface area contributed by atoms with Crippen molar-refractivity contribution in [1.29, 1.82) is 0 Å². The first-order chi connectivity index (χ1) is 8.99. The normalized spacial score (nSPS) is 12.2. The van der Waals surface area contributed by atoms with E-state index in [1.165, 1.54) is 0 Å². The molecule has 1 amide bonds. The van der Waals surface area contributed by atoms with E-state index in [2.05, 4.69) is 10.3 Å². The predicted octanol–water partition coefficient (Wildman–Crippen LogP) is 2.28. The number of nitrogen functional groups attached to an aromatic ring is 1. The van der Waals surface area contributed by atoms with Crippen molar-refractivity contribution in [3.05, 3.63) is 42.0 Å². The maximum atomic E-state index is 12.2. The van der Waals surface area contributed by atoms with Crippen molar-refractivity contribution in [2.24, 2.45) is 0 Å². The van der Waals surface area contributed by atoms with Crippen LogP contribution in [0.25, 0.3) is 0 Å². The largest absolute Gasteiger partial charge is 0.399 e. The minimum Gasteiger partial charge on any atom is -0.399 e. The summed E-state index contributed by atoms with van der Waals surface area (Å²) in [5, 5.41) is 2.85. The SMILES string of the molecule is Cc1ncn(C(C)C(=O)Nc2cccc(N)c2)c1C. The molecule has 100 valence electrons. The number of imidazole rings is 1. The van der Waals surface area contributed by atoms with Crippen LogP contribution in [0.2, 0.25) is 0 Å². The molecule has 3 N–H and O–H groups in total. The fourth-order valence-electron chi connectivity index (χ4n) is 1.90. The van der Waals surface area contributed by atoms with Crippen LogP contribution in [-0.2, 0) is 4.79 Å². The van der Waals surface area contributed by atoms with Crippen LogP contribution >= 0.6 is 0 Å². The molecule has 0 radical (unpaired) electrons. The molecule has 0 saturated heterocycles. The first-order valence-corrected chi connectivity index (χ1v) is 6.15. The molecule has 1 unspecified atom stereocenters. The van der Waals surface area contributed by atoms with Gasteiger partial charge >= 0.3 is 0 Å². The number of benzene rings is 1. The zero-order valence-corrected chi connectivity index (χ0v) is 11.3. The van der Waals surface area contributed by atoms with Crippen molar-refractivity contribution in [1.82, 2.24) is 9.55 Å². The summed E-state index contributed by atoms with van der Waals surface area (Å²) in [5.74, 6) is -0.0916. The van der Waals surface area contributed by atoms with Gasteiger partial charge in [-0.3, -0.25) is 4.79 Å². The molecule has 0 aliphatic carbocycles. The fourth-order valence-corrected chi connectivity index (χ4v) is 1.90. The summed E-state index contributed by atoms with van der Waals surface area (Å²) >= 11 is 0. The molecular formula is C14H18N4O. The van der Waals surface area contributed by atoms with E-state index < -0.39 is 0 Å². The number of nitrogens with zero attached hydrogens (tertiary/aromatic N) is 2. The van der Waals surface area contributed by atoms with Gasteiger partial charge in [0.05, 0.1) is 12.0 Å². The molecule has 5 nitrogen and oxygen atoms in total. The number of hydrogen-bond acceptors (Lipinski definition) is 3. The highest BCUT2D eigenvalue weighted by atomic mass is 16.2. The Balaban J connectivity index is 2.14. The molecule has 1 aromatic carbocycles. The highest BCUT2D eigenvalue weighted by molar-refractivity contribution is 5.93. The smallest absolute Gasteiger partial charge is 0.247 e. The molecule has 0 aliphatic rings. The maximum absolute atomic E-state index is 12.2. The summed E-state index contributed by atoms with van der Waals surface area (Å²) in [7, 11) is 0. The topological polar surface area (TPSA) is 72.9 Å². The number of amides is 1. The second kappa shape index (κ2) is 5.14. The lowest BCUT2D eigenvalue weighted by atomic mass is 10.2. The molecule has 0 bridgehead atoms. The zero-order valence-electron chi connectivity index (χ0n) is 11.3. The van der Waals surface area contributed by atoms with Gasteiger partial charge in [0.15, 0.2) is 0 Å². The first-order valence-electron chi connectivity index (χ1n) is 6.15. The third-order valence-electron chi connectivity index (χ3n) is 3.24. The van der Waals surface area contributed by atoms with E-state index in [0.29, 0.717) is 11.4 Å². The Morgan fingerprint density at radius 1 is 1.42 bits per heavy atom. The van der Waals surface area contributed by atoms with Gasteiger partial charge < -0.3 is 15.6 Å². The molecule has 1 atom stereocenters. The van der Waals surface area contributed by atoms with Crippen LogP contribution in [0.3, 0.4) is 0 Å². The van der Waals surface area contributed by atoms with Gasteiger partial charge in [-0.15, -0.1) is 0 Å². The summed E-state index contributed by atoms with van der Waals surface area (Å²) < 4.78 is 1.86. The number of anilines is 2. The lowest BCUT2D eigenvalue weighted by molar-refractivity contribution is -0.118. The van der Waals surface area contributed by atoms with Crippen molar-refractivity contribution in [2.75, 3.05) is 11.1 Å². The molecule has 0 spiro atoms. The zero-order chi connectivity index (χ0) is 14.0. The number of aryl methyl sites for hydroxylation is 1. The number of carbonyl (C=O) groups excluding carboxylic acids is 1. The van der Waals surface area contributed by atoms with E-state index >= 15 is 0 Å². The second-order valence-electron chi connectivity index (χ2n) is 4.61. The van der Waals surface area contributed by atoms with Gasteiger partial charge in [0, 0.05) is 17.1 Å². The van der Waals surface area contributed by atoms with Crippen LogP contribution in [0.4, 0.5) is 11.4 Å². The predicted molar refractivity (Wildman–Crippen MR) is 75.9 cm³/mol. The van der Waals surface area contributed by atoms with E-state index in [9.17, 15) is 4.79 Å². The average Bonchev–Trinajstić information content (AvgIpc) is 2.69. The maximum Gasteiger partial charge on any atom is 0.247 e. The Hall–Kier alpha value is -2.30. The van der Waals surface area contributed by atoms with Gasteiger partial charge in [-0.25, -0.2) is 4.98 Å². The monoisotopic (exact) mass is 258 g/mol. The van der Waals surface area contributed by atoms with Gasteiger partial charge in [-0.2, -0.15) is 0 Å². The third kappa shape index (κ3) is 2.76. The van der Waals surface area contributed by atoms with Gasteiger partial charge in [0.25, 0.3) is 0 Å². The van der Waals surface area contributed by atoms with Crippen molar-refractivity contribution in [3.63, 3.8) is 0 Å². The Morgan fingerprint density at radius 2 is 2.16 bits per heavy atom. The number of nitrogens with two attached hydrogens (primary N) is 1. The molecule has 1 aromatic heterocycles. The summed E-state index contributed by atoms with van der Waals surface area (Å²) in [4.78, 5) is 16.4. The van der Waals surface area contributed by atoms with Crippen LogP contribution < -0.4 is 11.1 Å². The van der Waals surface area contributed by atoms with Crippen molar-refractivity contribution in [3.8, 4) is 0 Å². The molecule has 19 heavy (non-hydrogen) atoms. The van der Waals surface area contributed by atoms with Crippen LogP contribution in [0.15, 0.2) is 30.6 Å². The average molecular weight is 258 g/mol. The summed E-state index contributed by atoms with van der Waals surface area (Å²) in [5.41, 5.74) is 8.94. The lowest BCUT2D eigenvalue weighted by Gasteiger charge is -2.15. The highest BCUT2D eigenvalue weighted by Gasteiger charge is 2.17. The van der Waals surface area contributed by atoms with E-state index in [4.69, 9.17) is 5.73 Å². The number of rotatable bonds is 3. The highest BCUT2D eigenvalue weighted by Crippen LogP contribution is 2.17. The van der Waals surface area contributed by atoms with Crippen molar-refractivity contribution < 1.29 is 4.79 Å². The Bertz CT molecular complexity index is 603. The van der Waals surface area contributed by atoms with Gasteiger partial charge in [-0.1, -0.05) is 6.07 Å². The lowest BCUT2D eigenvalue weighted by Crippen LogP contribution is -2.24. The Kier molecular flexibility index (Phi) is 3.55. The van der Waals surface area contributed by atoms with Crippen LogP contribution in [-0.4, -0.2) is 15.5 Å². The van der Waals surface area contributed by atoms with E-state index in [1.807, 2.05) is 37.5 Å². The van der Waals surface area contributed by atoms with Gasteiger partial charge in [0.2, 0.25) is 5.91 Å². The number of aromatic nitrogens is 2. The van der Waals surface area contributed by atoms with E-state index in [1.54, 1.807) is 18.5 Å². The molecule has 2 aromatic rings.